The van der Waals surface area contributed by atoms with E-state index in [0.717, 1.165) is 6.54 Å². The highest BCUT2D eigenvalue weighted by atomic mass is 16.3. The average molecular weight is 619 g/mol. The number of amides is 1. The lowest BCUT2D eigenvalue weighted by atomic mass is 9.52. The van der Waals surface area contributed by atoms with Crippen molar-refractivity contribution in [3.63, 3.8) is 0 Å². The zero-order valence-electron chi connectivity index (χ0n) is 25.7. The van der Waals surface area contributed by atoms with Crippen LogP contribution in [0.15, 0.2) is 36.4 Å². The molecule has 0 radical (unpaired) electrons. The number of fused-ring (bicyclic) bond motifs is 3. The van der Waals surface area contributed by atoms with E-state index in [1.807, 2.05) is 19.0 Å². The van der Waals surface area contributed by atoms with Gasteiger partial charge in [-0.25, -0.2) is 0 Å². The number of carbonyl (C=O) groups is 6. The first-order valence-corrected chi connectivity index (χ1v) is 14.9. The second-order valence-electron chi connectivity index (χ2n) is 12.8. The topological polar surface area (TPSA) is 187 Å². The highest BCUT2D eigenvalue weighted by Crippen LogP contribution is 2.51. The van der Waals surface area contributed by atoms with Gasteiger partial charge >= 0.3 is 0 Å². The zero-order valence-corrected chi connectivity index (χ0v) is 25.7. The molecule has 2 aromatic rings. The highest BCUT2D eigenvalue weighted by Gasteiger charge is 2.69. The number of aliphatic hydroxyl groups is 1. The molecule has 2 fully saturated rings. The third-order valence-electron chi connectivity index (χ3n) is 9.48. The maximum atomic E-state index is 14.0. The van der Waals surface area contributed by atoms with Crippen molar-refractivity contribution in [2.75, 3.05) is 47.8 Å². The smallest absolute Gasteiger partial charge is 0.235 e. The van der Waals surface area contributed by atoms with Gasteiger partial charge in [0.2, 0.25) is 5.91 Å². The van der Waals surface area contributed by atoms with Crippen molar-refractivity contribution in [2.45, 2.75) is 24.5 Å². The summed E-state index contributed by atoms with van der Waals surface area (Å²) in [6, 6.07) is 8.74. The summed E-state index contributed by atoms with van der Waals surface area (Å²) in [4.78, 5) is 83.0. The highest BCUT2D eigenvalue weighted by molar-refractivity contribution is 6.32. The van der Waals surface area contributed by atoms with Gasteiger partial charge in [0.1, 0.15) is 5.75 Å². The van der Waals surface area contributed by atoms with Crippen molar-refractivity contribution in [1.29, 1.82) is 0 Å². The first-order chi connectivity index (χ1) is 21.2. The molecule has 3 aliphatic carbocycles. The molecule has 0 bridgehead atoms. The maximum absolute atomic E-state index is 14.0. The first kappa shape index (κ1) is 32.3. The SMILES string of the molecule is CN(C)CCNCC(=O)c1ccc(-c2ccc(O)c3c2C[C@H]2C[C@H]4C(N(C)C)C(=O)C(C(N)=O)C(=O)[C@@]4(O)C(=O)C2C3=O)cc1. The van der Waals surface area contributed by atoms with Gasteiger partial charge in [-0.05, 0) is 69.7 Å². The number of likely N-dealkylation sites (N-methyl/N-ethyl adjacent to an activating group) is 2. The molecule has 2 saturated carbocycles. The fraction of sp³-hybridized carbons (Fsp3) is 0.455. The Balaban J connectivity index is 1.49. The number of hydrogen-bond donors (Lipinski definition) is 4. The number of ketones is 5. The Morgan fingerprint density at radius 1 is 1.00 bits per heavy atom. The fourth-order valence-electron chi connectivity index (χ4n) is 7.32. The number of benzene rings is 2. The Kier molecular flexibility index (Phi) is 8.62. The minimum atomic E-state index is -2.77. The number of phenols is 1. The molecule has 3 unspecified atom stereocenters. The van der Waals surface area contributed by atoms with E-state index in [0.29, 0.717) is 28.8 Å². The van der Waals surface area contributed by atoms with Crippen LogP contribution >= 0.6 is 0 Å². The summed E-state index contributed by atoms with van der Waals surface area (Å²) in [6.07, 6.45) is 0.110. The lowest BCUT2D eigenvalue weighted by molar-refractivity contribution is -0.181. The molecule has 12 heteroatoms. The van der Waals surface area contributed by atoms with E-state index < -0.39 is 64.4 Å². The maximum Gasteiger partial charge on any atom is 0.235 e. The van der Waals surface area contributed by atoms with Gasteiger partial charge in [-0.2, -0.15) is 0 Å². The number of hydrogen-bond acceptors (Lipinski definition) is 11. The van der Waals surface area contributed by atoms with Crippen LogP contribution in [-0.4, -0.2) is 114 Å². The van der Waals surface area contributed by atoms with E-state index in [1.54, 1.807) is 44.4 Å². The van der Waals surface area contributed by atoms with Gasteiger partial charge in [0.15, 0.2) is 40.4 Å². The number of carbonyl (C=O) groups excluding carboxylic acids is 6. The molecule has 0 spiro atoms. The van der Waals surface area contributed by atoms with Gasteiger partial charge in [0, 0.05) is 24.6 Å². The van der Waals surface area contributed by atoms with Crippen LogP contribution in [0, 0.1) is 23.7 Å². The number of primary amides is 1. The van der Waals surface area contributed by atoms with Crippen molar-refractivity contribution in [3.05, 3.63) is 53.1 Å². The first-order valence-electron chi connectivity index (χ1n) is 14.9. The minimum Gasteiger partial charge on any atom is -0.507 e. The van der Waals surface area contributed by atoms with Gasteiger partial charge in [0.25, 0.3) is 0 Å². The molecule has 0 saturated heterocycles. The molecule has 1 amide bonds. The molecule has 45 heavy (non-hydrogen) atoms. The van der Waals surface area contributed by atoms with E-state index in [9.17, 15) is 39.0 Å². The van der Waals surface area contributed by atoms with Crippen LogP contribution in [-0.2, 0) is 25.6 Å². The number of nitrogens with zero attached hydrogens (tertiary/aromatic N) is 2. The van der Waals surface area contributed by atoms with Crippen LogP contribution in [0.25, 0.3) is 11.1 Å². The molecule has 5 N–H and O–H groups in total. The molecule has 0 aliphatic heterocycles. The predicted molar refractivity (Wildman–Crippen MR) is 163 cm³/mol. The van der Waals surface area contributed by atoms with E-state index in [-0.39, 0.29) is 36.5 Å². The Bertz CT molecular complexity index is 1600. The standard InChI is InChI=1S/C33H38N4O8/c1-36(2)12-11-35-15-23(39)17-7-5-16(6-8-17)19-9-10-22(38)25-20(19)13-18-14-21-27(37(3)4)29(41)26(32(34)44)31(43)33(21,45)30(42)24(18)28(25)40/h5-10,18,21,24,26-27,35,38,45H,11-15H2,1-4H3,(H2,34,44)/t18-,21-,24?,26?,27?,33-/m0/s1. The number of aromatic hydroxyl groups is 1. The van der Waals surface area contributed by atoms with Crippen LogP contribution in [0.5, 0.6) is 5.75 Å². The Morgan fingerprint density at radius 2 is 1.67 bits per heavy atom. The minimum absolute atomic E-state index is 0.0345. The normalized spacial score (nSPS) is 27.8. The van der Waals surface area contributed by atoms with Gasteiger partial charge in [-0.3, -0.25) is 33.7 Å². The summed E-state index contributed by atoms with van der Waals surface area (Å²) in [5, 5.41) is 25.7. The van der Waals surface area contributed by atoms with E-state index in [1.165, 1.54) is 11.0 Å². The van der Waals surface area contributed by atoms with Crippen molar-refractivity contribution >= 4 is 34.8 Å². The van der Waals surface area contributed by atoms with Crippen LogP contribution in [0.3, 0.4) is 0 Å². The van der Waals surface area contributed by atoms with Gasteiger partial charge < -0.3 is 26.2 Å². The molecule has 0 heterocycles. The lowest BCUT2D eigenvalue weighted by Crippen LogP contribution is -2.74. The lowest BCUT2D eigenvalue weighted by Gasteiger charge is -2.52. The second kappa shape index (κ2) is 12.0. The zero-order chi connectivity index (χ0) is 33.0. The van der Waals surface area contributed by atoms with Crippen LogP contribution in [0.4, 0.5) is 0 Å². The van der Waals surface area contributed by atoms with Crippen molar-refractivity contribution in [1.82, 2.24) is 15.1 Å². The van der Waals surface area contributed by atoms with Gasteiger partial charge in [-0.1, -0.05) is 30.3 Å². The molecule has 12 nitrogen and oxygen atoms in total. The van der Waals surface area contributed by atoms with Crippen molar-refractivity contribution in [2.24, 2.45) is 29.4 Å². The molecule has 5 rings (SSSR count). The van der Waals surface area contributed by atoms with E-state index in [4.69, 9.17) is 5.73 Å². The number of nitrogens with two attached hydrogens (primary N) is 1. The third-order valence-corrected chi connectivity index (χ3v) is 9.48. The molecule has 2 aromatic carbocycles. The average Bonchev–Trinajstić information content (AvgIpc) is 2.97. The number of Topliss-reactive ketones (excluding diaryl/α,β-unsaturated/α-hetero) is 5. The summed E-state index contributed by atoms with van der Waals surface area (Å²) in [5.41, 5.74) is 4.83. The monoisotopic (exact) mass is 618 g/mol. The summed E-state index contributed by atoms with van der Waals surface area (Å²) in [6.45, 7) is 1.64. The number of rotatable bonds is 9. The van der Waals surface area contributed by atoms with Crippen LogP contribution < -0.4 is 11.1 Å². The van der Waals surface area contributed by atoms with Crippen LogP contribution in [0.1, 0.15) is 32.7 Å². The quantitative estimate of drug-likeness (QED) is 0.167. The van der Waals surface area contributed by atoms with Crippen LogP contribution in [0.2, 0.25) is 0 Å². The predicted octanol–water partition coefficient (Wildman–Crippen LogP) is -0.132. The van der Waals surface area contributed by atoms with Gasteiger partial charge in [-0.15, -0.1) is 0 Å². The summed E-state index contributed by atoms with van der Waals surface area (Å²) in [7, 11) is 6.98. The molecule has 3 aliphatic rings. The number of nitrogens with one attached hydrogen (secondary N) is 1. The summed E-state index contributed by atoms with van der Waals surface area (Å²) in [5.74, 6) is -11.0. The molecular weight excluding hydrogens is 580 g/mol. The molecule has 6 atom stereocenters. The summed E-state index contributed by atoms with van der Waals surface area (Å²) >= 11 is 0. The third kappa shape index (κ3) is 5.31. The summed E-state index contributed by atoms with van der Waals surface area (Å²) < 4.78 is 0. The van der Waals surface area contributed by atoms with E-state index in [2.05, 4.69) is 5.32 Å². The second-order valence-corrected chi connectivity index (χ2v) is 12.8. The molecule has 238 valence electrons. The van der Waals surface area contributed by atoms with Crippen molar-refractivity contribution in [3.8, 4) is 16.9 Å². The Morgan fingerprint density at radius 3 is 2.27 bits per heavy atom. The number of phenolic OH excluding ortho intramolecular Hbond substituents is 1. The van der Waals surface area contributed by atoms with E-state index >= 15 is 0 Å². The Hall–Kier alpha value is -4.10. The molecule has 0 aromatic heterocycles. The largest absolute Gasteiger partial charge is 0.507 e. The Labute approximate surface area is 260 Å². The van der Waals surface area contributed by atoms with Crippen molar-refractivity contribution < 1.29 is 39.0 Å². The fourth-order valence-corrected chi connectivity index (χ4v) is 7.32. The molecular formula is C33H38N4O8. The van der Waals surface area contributed by atoms with Gasteiger partial charge in [0.05, 0.1) is 24.1 Å².